The molecule has 1 atom stereocenters. The van der Waals surface area contributed by atoms with E-state index in [-0.39, 0.29) is 0 Å². The van der Waals surface area contributed by atoms with E-state index in [1.54, 1.807) is 0 Å². The summed E-state index contributed by atoms with van der Waals surface area (Å²) in [4.78, 5) is 2.65. The molecule has 1 aliphatic heterocycles. The second-order valence-corrected chi connectivity index (χ2v) is 5.27. The summed E-state index contributed by atoms with van der Waals surface area (Å²) in [7, 11) is 2.33. The van der Waals surface area contributed by atoms with Crippen LogP contribution < -0.4 is 0 Å². The van der Waals surface area contributed by atoms with Crippen molar-refractivity contribution in [3.05, 3.63) is 0 Å². The number of rotatable bonds is 2. The monoisotopic (exact) mass is 185 g/mol. The average Bonchev–Trinajstić information content (AvgIpc) is 2.03. The van der Waals surface area contributed by atoms with E-state index >= 15 is 0 Å². The topological polar surface area (TPSA) is 3.24 Å². The highest BCUT2D eigenvalue weighted by Crippen LogP contribution is 2.29. The van der Waals surface area contributed by atoms with Crippen LogP contribution in [0.3, 0.4) is 0 Å². The highest BCUT2D eigenvalue weighted by atomic mass is 32.2. The molecule has 0 aromatic rings. The zero-order valence-corrected chi connectivity index (χ0v) is 8.78. The number of hydrogen-bond donors (Lipinski definition) is 0. The van der Waals surface area contributed by atoms with E-state index in [0.29, 0.717) is 0 Å². The van der Waals surface area contributed by atoms with E-state index in [0.717, 1.165) is 12.1 Å². The first kappa shape index (κ1) is 8.89. The van der Waals surface area contributed by atoms with E-state index in [4.69, 9.17) is 0 Å². The van der Waals surface area contributed by atoms with Gasteiger partial charge in [-0.1, -0.05) is 6.42 Å². The lowest BCUT2D eigenvalue weighted by Crippen LogP contribution is -2.46. The Hall–Kier alpha value is 0.310. The molecule has 0 N–H and O–H groups in total. The lowest BCUT2D eigenvalue weighted by atomic mass is 9.90. The van der Waals surface area contributed by atoms with Crippen molar-refractivity contribution >= 4 is 11.8 Å². The summed E-state index contributed by atoms with van der Waals surface area (Å²) < 4.78 is 0. The minimum atomic E-state index is 0.897. The Morgan fingerprint density at radius 3 is 2.33 bits per heavy atom. The summed E-state index contributed by atoms with van der Waals surface area (Å²) in [5.41, 5.74) is 0. The van der Waals surface area contributed by atoms with Crippen molar-refractivity contribution in [1.82, 2.24) is 4.90 Å². The van der Waals surface area contributed by atoms with Gasteiger partial charge in [0, 0.05) is 17.8 Å². The molecule has 1 saturated carbocycles. The second kappa shape index (κ2) is 4.01. The van der Waals surface area contributed by atoms with Gasteiger partial charge in [-0.15, -0.1) is 0 Å². The Kier molecular flexibility index (Phi) is 2.97. The largest absolute Gasteiger partial charge is 0.300 e. The van der Waals surface area contributed by atoms with Gasteiger partial charge in [0.15, 0.2) is 0 Å². The first-order valence-corrected chi connectivity index (χ1v) is 6.33. The fourth-order valence-electron chi connectivity index (χ4n) is 2.14. The maximum atomic E-state index is 2.65. The van der Waals surface area contributed by atoms with Crippen molar-refractivity contribution in [3.8, 4) is 0 Å². The van der Waals surface area contributed by atoms with Crippen LogP contribution in [0.5, 0.6) is 0 Å². The van der Waals surface area contributed by atoms with Crippen LogP contribution in [0, 0.1) is 0 Å². The van der Waals surface area contributed by atoms with Crippen LogP contribution in [0.25, 0.3) is 0 Å². The van der Waals surface area contributed by atoms with E-state index in [9.17, 15) is 0 Å². The van der Waals surface area contributed by atoms with Crippen LogP contribution in [0.2, 0.25) is 0 Å². The number of nitrogens with zero attached hydrogens (tertiary/aromatic N) is 1. The van der Waals surface area contributed by atoms with Gasteiger partial charge in [-0.05, 0) is 38.5 Å². The third-order valence-electron chi connectivity index (χ3n) is 3.36. The molecule has 0 radical (unpaired) electrons. The molecule has 70 valence electrons. The van der Waals surface area contributed by atoms with E-state index in [1.807, 2.05) is 0 Å². The summed E-state index contributed by atoms with van der Waals surface area (Å²) >= 11 is 2.14. The highest BCUT2D eigenvalue weighted by Gasteiger charge is 2.28. The maximum absolute atomic E-state index is 2.65. The standard InChI is InChI=1S/C10H19NS/c1-11(9-4-2-5-9)10-6-3-7-12-8-10/h9-10H,2-8H2,1H3. The Balaban J connectivity index is 1.80. The quantitative estimate of drug-likeness (QED) is 0.650. The molecule has 2 rings (SSSR count). The summed E-state index contributed by atoms with van der Waals surface area (Å²) in [6.07, 6.45) is 7.26. The van der Waals surface area contributed by atoms with Crippen LogP contribution in [-0.2, 0) is 0 Å². The summed E-state index contributed by atoms with van der Waals surface area (Å²) in [5, 5.41) is 0. The molecule has 1 saturated heterocycles. The first-order valence-electron chi connectivity index (χ1n) is 5.17. The van der Waals surface area contributed by atoms with E-state index in [2.05, 4.69) is 23.7 Å². The fraction of sp³-hybridized carbons (Fsp3) is 1.00. The lowest BCUT2D eigenvalue weighted by Gasteiger charge is -2.41. The molecule has 0 amide bonds. The fourth-order valence-corrected chi connectivity index (χ4v) is 3.35. The van der Waals surface area contributed by atoms with Crippen molar-refractivity contribution in [2.24, 2.45) is 0 Å². The molecular formula is C10H19NS. The predicted molar refractivity (Wildman–Crippen MR) is 55.7 cm³/mol. The Bertz CT molecular complexity index is 139. The van der Waals surface area contributed by atoms with Crippen molar-refractivity contribution in [1.29, 1.82) is 0 Å². The first-order chi connectivity index (χ1) is 5.88. The molecule has 2 heteroatoms. The predicted octanol–water partition coefficient (Wildman–Crippen LogP) is 2.37. The molecule has 12 heavy (non-hydrogen) atoms. The Morgan fingerprint density at radius 1 is 1.08 bits per heavy atom. The third-order valence-corrected chi connectivity index (χ3v) is 4.56. The molecule has 0 bridgehead atoms. The Labute approximate surface area is 79.9 Å². The van der Waals surface area contributed by atoms with Crippen LogP contribution in [0.1, 0.15) is 32.1 Å². The zero-order valence-electron chi connectivity index (χ0n) is 7.96. The number of thioether (sulfide) groups is 1. The van der Waals surface area contributed by atoms with Crippen LogP contribution in [-0.4, -0.2) is 35.5 Å². The second-order valence-electron chi connectivity index (χ2n) is 4.12. The van der Waals surface area contributed by atoms with Gasteiger partial charge in [0.1, 0.15) is 0 Å². The minimum Gasteiger partial charge on any atom is -0.300 e. The lowest BCUT2D eigenvalue weighted by molar-refractivity contribution is 0.114. The molecule has 1 unspecified atom stereocenters. The van der Waals surface area contributed by atoms with Crippen molar-refractivity contribution < 1.29 is 0 Å². The molecule has 1 aliphatic carbocycles. The summed E-state index contributed by atoms with van der Waals surface area (Å²) in [6.45, 7) is 0. The highest BCUT2D eigenvalue weighted by molar-refractivity contribution is 7.99. The van der Waals surface area contributed by atoms with Crippen LogP contribution in [0.15, 0.2) is 0 Å². The van der Waals surface area contributed by atoms with Gasteiger partial charge in [-0.2, -0.15) is 11.8 Å². The van der Waals surface area contributed by atoms with Crippen molar-refractivity contribution in [2.45, 2.75) is 44.2 Å². The van der Waals surface area contributed by atoms with Crippen LogP contribution in [0.4, 0.5) is 0 Å². The van der Waals surface area contributed by atoms with Gasteiger partial charge >= 0.3 is 0 Å². The van der Waals surface area contributed by atoms with Gasteiger partial charge in [0.25, 0.3) is 0 Å². The number of hydrogen-bond acceptors (Lipinski definition) is 2. The normalized spacial score (nSPS) is 32.0. The van der Waals surface area contributed by atoms with Gasteiger partial charge in [0.2, 0.25) is 0 Å². The molecular weight excluding hydrogens is 166 g/mol. The smallest absolute Gasteiger partial charge is 0.0186 e. The SMILES string of the molecule is CN(C1CCC1)C1CCCSC1. The Morgan fingerprint density at radius 2 is 1.83 bits per heavy atom. The van der Waals surface area contributed by atoms with E-state index < -0.39 is 0 Å². The van der Waals surface area contributed by atoms with Crippen LogP contribution >= 0.6 is 11.8 Å². The molecule has 1 heterocycles. The molecule has 0 aromatic carbocycles. The average molecular weight is 185 g/mol. The molecule has 2 aliphatic rings. The third kappa shape index (κ3) is 1.80. The van der Waals surface area contributed by atoms with Gasteiger partial charge in [-0.3, -0.25) is 4.90 Å². The molecule has 2 fully saturated rings. The van der Waals surface area contributed by atoms with Gasteiger partial charge in [0.05, 0.1) is 0 Å². The van der Waals surface area contributed by atoms with Crippen molar-refractivity contribution in [2.75, 3.05) is 18.6 Å². The summed E-state index contributed by atoms with van der Waals surface area (Å²) in [5.74, 6) is 2.78. The molecule has 0 spiro atoms. The molecule has 1 nitrogen and oxygen atoms in total. The van der Waals surface area contributed by atoms with Crippen molar-refractivity contribution in [3.63, 3.8) is 0 Å². The molecule has 0 aromatic heterocycles. The van der Waals surface area contributed by atoms with E-state index in [1.165, 1.54) is 43.6 Å². The minimum absolute atomic E-state index is 0.897. The van der Waals surface area contributed by atoms with Gasteiger partial charge < -0.3 is 0 Å². The zero-order chi connectivity index (χ0) is 8.39. The summed E-state index contributed by atoms with van der Waals surface area (Å²) in [6, 6.07) is 1.84. The van der Waals surface area contributed by atoms with Gasteiger partial charge in [-0.25, -0.2) is 0 Å². The maximum Gasteiger partial charge on any atom is 0.0186 e.